The minimum atomic E-state index is -0.201. The molecule has 0 saturated heterocycles. The molecule has 0 spiro atoms. The lowest BCUT2D eigenvalue weighted by atomic mass is 9.48. The van der Waals surface area contributed by atoms with Crippen molar-refractivity contribution >= 4 is 11.6 Å². The summed E-state index contributed by atoms with van der Waals surface area (Å²) >= 11 is 0. The summed E-state index contributed by atoms with van der Waals surface area (Å²) in [5, 5.41) is 13.5. The van der Waals surface area contributed by atoms with Crippen LogP contribution in [-0.4, -0.2) is 11.6 Å². The number of hydrogen-bond acceptors (Lipinski definition) is 3. The van der Waals surface area contributed by atoms with E-state index in [-0.39, 0.29) is 11.3 Å². The molecule has 18 heavy (non-hydrogen) atoms. The van der Waals surface area contributed by atoms with Gasteiger partial charge in [0.25, 0.3) is 0 Å². The van der Waals surface area contributed by atoms with E-state index in [0.717, 1.165) is 37.0 Å². The van der Waals surface area contributed by atoms with Gasteiger partial charge in [0, 0.05) is 12.3 Å². The first-order chi connectivity index (χ1) is 8.61. The van der Waals surface area contributed by atoms with E-state index in [4.69, 9.17) is 0 Å². The van der Waals surface area contributed by atoms with Crippen molar-refractivity contribution in [2.24, 2.45) is 28.3 Å². The van der Waals surface area contributed by atoms with Crippen molar-refractivity contribution < 1.29 is 4.79 Å². The number of nitrogens with zero attached hydrogens (tertiary/aromatic N) is 2. The summed E-state index contributed by atoms with van der Waals surface area (Å²) in [5.74, 6) is 2.15. The van der Waals surface area contributed by atoms with E-state index >= 15 is 0 Å². The van der Waals surface area contributed by atoms with E-state index in [1.807, 2.05) is 0 Å². The molecular formula is C14H19N3O. The Hall–Kier alpha value is -1.37. The molecule has 0 radical (unpaired) electrons. The molecule has 4 aliphatic rings. The molecule has 0 unspecified atom stereocenters. The largest absolute Gasteiger partial charge is 0.274 e. The van der Waals surface area contributed by atoms with E-state index in [2.05, 4.69) is 16.6 Å². The first kappa shape index (κ1) is 11.7. The van der Waals surface area contributed by atoms with E-state index in [1.165, 1.54) is 26.2 Å². The van der Waals surface area contributed by atoms with Crippen molar-refractivity contribution in [1.29, 1.82) is 5.26 Å². The highest BCUT2D eigenvalue weighted by Gasteiger charge is 2.53. The Morgan fingerprint density at radius 3 is 2.11 bits per heavy atom. The van der Waals surface area contributed by atoms with Crippen LogP contribution in [-0.2, 0) is 4.79 Å². The SMILES string of the molecule is CC(=O)N/N=C(\C#N)C12CC3CC(CC(C3)C1)C2. The second kappa shape index (κ2) is 4.08. The Balaban J connectivity index is 1.88. The molecular weight excluding hydrogens is 226 g/mol. The van der Waals surface area contributed by atoms with E-state index in [9.17, 15) is 10.1 Å². The zero-order valence-electron chi connectivity index (χ0n) is 10.8. The summed E-state index contributed by atoms with van der Waals surface area (Å²) in [6.45, 7) is 1.43. The summed E-state index contributed by atoms with van der Waals surface area (Å²) in [6, 6.07) is 2.25. The zero-order chi connectivity index (χ0) is 12.8. The molecule has 4 nitrogen and oxygen atoms in total. The van der Waals surface area contributed by atoms with Crippen LogP contribution in [0, 0.1) is 34.5 Å². The van der Waals surface area contributed by atoms with Crippen LogP contribution in [0.2, 0.25) is 0 Å². The number of hydrogen-bond donors (Lipinski definition) is 1. The van der Waals surface area contributed by atoms with Crippen LogP contribution >= 0.6 is 0 Å². The van der Waals surface area contributed by atoms with Crippen molar-refractivity contribution in [3.63, 3.8) is 0 Å². The standard InChI is InChI=1S/C14H19N3O/c1-9(18)16-17-13(8-15)14-5-10-2-11(6-14)4-12(3-10)7-14/h10-12H,2-7H2,1H3,(H,16,18)/b17-13+. The molecule has 4 heteroatoms. The highest BCUT2D eigenvalue weighted by molar-refractivity contribution is 6.03. The van der Waals surface area contributed by atoms with Crippen molar-refractivity contribution in [2.45, 2.75) is 45.4 Å². The predicted molar refractivity (Wildman–Crippen MR) is 67.5 cm³/mol. The van der Waals surface area contributed by atoms with E-state index in [0.29, 0.717) is 5.71 Å². The fourth-order valence-corrected chi connectivity index (χ4v) is 4.80. The van der Waals surface area contributed by atoms with Gasteiger partial charge in [0.05, 0.1) is 0 Å². The third-order valence-corrected chi connectivity index (χ3v) is 4.97. The van der Waals surface area contributed by atoms with Gasteiger partial charge < -0.3 is 0 Å². The molecule has 4 fully saturated rings. The predicted octanol–water partition coefficient (Wildman–Crippen LogP) is 2.22. The van der Waals surface area contributed by atoms with Crippen LogP contribution in [0.3, 0.4) is 0 Å². The molecule has 96 valence electrons. The molecule has 4 bridgehead atoms. The van der Waals surface area contributed by atoms with E-state index in [1.54, 1.807) is 0 Å². The Morgan fingerprint density at radius 2 is 1.72 bits per heavy atom. The third-order valence-electron chi connectivity index (χ3n) is 4.97. The molecule has 1 amide bonds. The normalized spacial score (nSPS) is 41.6. The monoisotopic (exact) mass is 245 g/mol. The molecule has 0 aromatic rings. The molecule has 0 heterocycles. The van der Waals surface area contributed by atoms with Gasteiger partial charge >= 0.3 is 0 Å². The second-order valence-corrected chi connectivity index (χ2v) is 6.44. The van der Waals surface area contributed by atoms with Crippen molar-refractivity contribution in [1.82, 2.24) is 5.43 Å². The lowest BCUT2D eigenvalue weighted by Crippen LogP contribution is -2.50. The average Bonchev–Trinajstić information content (AvgIpc) is 2.26. The molecule has 0 aliphatic heterocycles. The lowest BCUT2D eigenvalue weighted by molar-refractivity contribution is -0.118. The van der Waals surface area contributed by atoms with Gasteiger partial charge in [-0.2, -0.15) is 10.4 Å². The Morgan fingerprint density at radius 1 is 1.22 bits per heavy atom. The van der Waals surface area contributed by atoms with Gasteiger partial charge in [-0.1, -0.05) is 0 Å². The van der Waals surface area contributed by atoms with Crippen LogP contribution < -0.4 is 5.43 Å². The smallest absolute Gasteiger partial charge is 0.236 e. The average molecular weight is 245 g/mol. The molecule has 0 aromatic carbocycles. The van der Waals surface area contributed by atoms with Crippen LogP contribution in [0.5, 0.6) is 0 Å². The van der Waals surface area contributed by atoms with Crippen LogP contribution in [0.15, 0.2) is 5.10 Å². The maximum atomic E-state index is 11.0. The Bertz CT molecular complexity index is 411. The van der Waals surface area contributed by atoms with Gasteiger partial charge in [-0.3, -0.25) is 4.79 Å². The molecule has 0 atom stereocenters. The Kier molecular flexibility index (Phi) is 2.65. The quantitative estimate of drug-likeness (QED) is 0.599. The van der Waals surface area contributed by atoms with Crippen molar-refractivity contribution in [3.05, 3.63) is 0 Å². The third kappa shape index (κ3) is 1.82. The van der Waals surface area contributed by atoms with Gasteiger partial charge in [0.15, 0.2) is 0 Å². The first-order valence-electron chi connectivity index (χ1n) is 6.86. The topological polar surface area (TPSA) is 65.2 Å². The van der Waals surface area contributed by atoms with Crippen LogP contribution in [0.25, 0.3) is 0 Å². The highest BCUT2D eigenvalue weighted by Crippen LogP contribution is 2.60. The maximum absolute atomic E-state index is 11.0. The summed E-state index contributed by atoms with van der Waals surface area (Å²) in [4.78, 5) is 11.0. The minimum absolute atomic E-state index is 0.0219. The zero-order valence-corrected chi connectivity index (χ0v) is 10.8. The van der Waals surface area contributed by atoms with Gasteiger partial charge in [-0.25, -0.2) is 5.43 Å². The number of rotatable bonds is 2. The first-order valence-corrected chi connectivity index (χ1v) is 6.86. The number of hydrazone groups is 1. The van der Waals surface area contributed by atoms with Crippen LogP contribution in [0.4, 0.5) is 0 Å². The highest BCUT2D eigenvalue weighted by atomic mass is 16.2. The van der Waals surface area contributed by atoms with Gasteiger partial charge in [0.1, 0.15) is 11.8 Å². The number of amides is 1. The van der Waals surface area contributed by atoms with Gasteiger partial charge in [-0.15, -0.1) is 0 Å². The summed E-state index contributed by atoms with van der Waals surface area (Å²) in [7, 11) is 0. The maximum Gasteiger partial charge on any atom is 0.236 e. The fourth-order valence-electron chi connectivity index (χ4n) is 4.80. The Labute approximate surface area is 107 Å². The molecule has 4 saturated carbocycles. The minimum Gasteiger partial charge on any atom is -0.274 e. The summed E-state index contributed by atoms with van der Waals surface area (Å²) in [6.07, 6.45) is 7.34. The molecule has 1 N–H and O–H groups in total. The number of carbonyl (C=O) groups excluding carboxylic acids is 1. The molecule has 4 aliphatic carbocycles. The fraction of sp³-hybridized carbons (Fsp3) is 0.786. The molecule has 0 aromatic heterocycles. The number of nitriles is 1. The van der Waals surface area contributed by atoms with Crippen molar-refractivity contribution in [2.75, 3.05) is 0 Å². The summed E-state index contributed by atoms with van der Waals surface area (Å²) < 4.78 is 0. The second-order valence-electron chi connectivity index (χ2n) is 6.44. The van der Waals surface area contributed by atoms with Gasteiger partial charge in [0.2, 0.25) is 5.91 Å². The molecule has 4 rings (SSSR count). The van der Waals surface area contributed by atoms with E-state index < -0.39 is 0 Å². The van der Waals surface area contributed by atoms with Crippen molar-refractivity contribution in [3.8, 4) is 6.07 Å². The van der Waals surface area contributed by atoms with Gasteiger partial charge in [-0.05, 0) is 56.3 Å². The lowest BCUT2D eigenvalue weighted by Gasteiger charge is -2.56. The number of carbonyl (C=O) groups is 1. The van der Waals surface area contributed by atoms with Crippen LogP contribution in [0.1, 0.15) is 45.4 Å². The summed E-state index contributed by atoms with van der Waals surface area (Å²) in [5.41, 5.74) is 2.99. The number of nitrogens with one attached hydrogen (secondary N) is 1.